The summed E-state index contributed by atoms with van der Waals surface area (Å²) in [4.78, 5) is 22.9. The predicted octanol–water partition coefficient (Wildman–Crippen LogP) is 2.62. The summed E-state index contributed by atoms with van der Waals surface area (Å²) in [6.07, 6.45) is 1.46. The Hall–Kier alpha value is -1.69. The van der Waals surface area contributed by atoms with Crippen LogP contribution >= 0.6 is 11.3 Å². The maximum absolute atomic E-state index is 11.3. The number of ether oxygens (including phenoxy) is 1. The number of imidazole rings is 1. The van der Waals surface area contributed by atoms with Gasteiger partial charge >= 0.3 is 5.97 Å². The highest BCUT2D eigenvalue weighted by Crippen LogP contribution is 2.28. The van der Waals surface area contributed by atoms with Crippen molar-refractivity contribution in [3.05, 3.63) is 22.3 Å². The zero-order chi connectivity index (χ0) is 13.3. The smallest absolute Gasteiger partial charge is 0.356 e. The van der Waals surface area contributed by atoms with Crippen LogP contribution in [-0.4, -0.2) is 28.0 Å². The van der Waals surface area contributed by atoms with Crippen LogP contribution in [0.5, 0.6) is 0 Å². The fourth-order valence-electron chi connectivity index (χ4n) is 1.39. The molecule has 0 saturated carbocycles. The normalized spacial score (nSPS) is 11.6. The van der Waals surface area contributed by atoms with Gasteiger partial charge in [0, 0.05) is 10.8 Å². The fourth-order valence-corrected chi connectivity index (χ4v) is 2.28. The number of aromatic nitrogens is 3. The quantitative estimate of drug-likeness (QED) is 0.847. The molecular weight excluding hydrogens is 250 g/mol. The maximum atomic E-state index is 11.3. The van der Waals surface area contributed by atoms with Gasteiger partial charge in [0.25, 0.3) is 0 Å². The van der Waals surface area contributed by atoms with E-state index in [2.05, 4.69) is 40.5 Å². The maximum Gasteiger partial charge on any atom is 0.356 e. The number of aromatic amines is 1. The van der Waals surface area contributed by atoms with Gasteiger partial charge in [0.2, 0.25) is 0 Å². The predicted molar refractivity (Wildman–Crippen MR) is 69.7 cm³/mol. The molecule has 96 valence electrons. The number of hydrogen-bond acceptors (Lipinski definition) is 5. The molecule has 5 nitrogen and oxygen atoms in total. The molecule has 0 bridgehead atoms. The van der Waals surface area contributed by atoms with E-state index in [0.717, 1.165) is 10.7 Å². The van der Waals surface area contributed by atoms with Crippen molar-refractivity contribution in [3.63, 3.8) is 0 Å². The molecule has 0 aliphatic carbocycles. The van der Waals surface area contributed by atoms with Gasteiger partial charge in [-0.3, -0.25) is 0 Å². The molecule has 0 radical (unpaired) electrons. The molecule has 0 aliphatic heterocycles. The van der Waals surface area contributed by atoms with Crippen molar-refractivity contribution in [1.82, 2.24) is 15.0 Å². The second kappa shape index (κ2) is 4.53. The van der Waals surface area contributed by atoms with Crippen LogP contribution in [0.1, 0.15) is 36.3 Å². The van der Waals surface area contributed by atoms with Crippen molar-refractivity contribution in [2.45, 2.75) is 26.2 Å². The molecule has 0 unspecified atom stereocenters. The molecular formula is C12H15N3O2S. The average molecular weight is 265 g/mol. The number of carbonyl (C=O) groups is 1. The number of H-pyrrole nitrogens is 1. The molecule has 6 heteroatoms. The van der Waals surface area contributed by atoms with Gasteiger partial charge in [-0.1, -0.05) is 20.8 Å². The van der Waals surface area contributed by atoms with E-state index in [0.29, 0.717) is 11.5 Å². The first-order valence-corrected chi connectivity index (χ1v) is 6.39. The van der Waals surface area contributed by atoms with Crippen LogP contribution in [-0.2, 0) is 10.2 Å². The van der Waals surface area contributed by atoms with Gasteiger partial charge in [-0.05, 0) is 0 Å². The molecule has 1 N–H and O–H groups in total. The standard InChI is InChI=1S/C12H15N3O2S/c1-12(2,3)11-15-8(6-18-11)9-13-5-7(14-9)10(16)17-4/h5-6H,1-4H3,(H,13,14). The van der Waals surface area contributed by atoms with E-state index in [-0.39, 0.29) is 5.41 Å². The third-order valence-corrected chi connectivity index (χ3v) is 3.64. The number of methoxy groups -OCH3 is 1. The molecule has 0 fully saturated rings. The Bertz CT molecular complexity index is 566. The summed E-state index contributed by atoms with van der Waals surface area (Å²) < 4.78 is 4.62. The summed E-state index contributed by atoms with van der Waals surface area (Å²) in [6, 6.07) is 0. The van der Waals surface area contributed by atoms with Crippen LogP contribution in [0.3, 0.4) is 0 Å². The Kier molecular flexibility index (Phi) is 3.21. The summed E-state index contributed by atoms with van der Waals surface area (Å²) in [5.74, 6) is 0.155. The lowest BCUT2D eigenvalue weighted by Crippen LogP contribution is -2.10. The van der Waals surface area contributed by atoms with Crippen molar-refractivity contribution in [3.8, 4) is 11.5 Å². The third kappa shape index (κ3) is 2.43. The lowest BCUT2D eigenvalue weighted by atomic mass is 9.98. The van der Waals surface area contributed by atoms with E-state index in [1.165, 1.54) is 13.3 Å². The third-order valence-electron chi connectivity index (χ3n) is 2.37. The van der Waals surface area contributed by atoms with Gasteiger partial charge in [0.05, 0.1) is 18.3 Å². The first-order chi connectivity index (χ1) is 8.41. The molecule has 0 aromatic carbocycles. The van der Waals surface area contributed by atoms with Gasteiger partial charge in [0.1, 0.15) is 11.4 Å². The molecule has 0 saturated heterocycles. The molecule has 0 atom stereocenters. The molecule has 2 rings (SSSR count). The summed E-state index contributed by atoms with van der Waals surface area (Å²) in [5.41, 5.74) is 1.10. The van der Waals surface area contributed by atoms with Crippen molar-refractivity contribution in [2.24, 2.45) is 0 Å². The minimum Gasteiger partial charge on any atom is -0.464 e. The number of nitrogens with one attached hydrogen (secondary N) is 1. The Labute approximate surface area is 109 Å². The largest absolute Gasteiger partial charge is 0.464 e. The molecule has 0 spiro atoms. The Morgan fingerprint density at radius 1 is 1.44 bits per heavy atom. The Balaban J connectivity index is 2.30. The molecule has 2 aromatic rings. The van der Waals surface area contributed by atoms with Crippen LogP contribution in [0.4, 0.5) is 0 Å². The molecule has 18 heavy (non-hydrogen) atoms. The average Bonchev–Trinajstić information content (AvgIpc) is 2.94. The van der Waals surface area contributed by atoms with E-state index < -0.39 is 5.97 Å². The number of rotatable bonds is 2. The number of hydrogen-bond donors (Lipinski definition) is 1. The first kappa shape index (κ1) is 12.8. The Morgan fingerprint density at radius 3 is 2.72 bits per heavy atom. The molecule has 0 aliphatic rings. The molecule has 2 aromatic heterocycles. The number of esters is 1. The minimum atomic E-state index is -0.431. The fraction of sp³-hybridized carbons (Fsp3) is 0.417. The highest BCUT2D eigenvalue weighted by atomic mass is 32.1. The van der Waals surface area contributed by atoms with E-state index in [4.69, 9.17) is 0 Å². The van der Waals surface area contributed by atoms with E-state index in [1.54, 1.807) is 11.3 Å². The number of thiazole rings is 1. The van der Waals surface area contributed by atoms with Crippen molar-refractivity contribution in [1.29, 1.82) is 0 Å². The van der Waals surface area contributed by atoms with Crippen molar-refractivity contribution in [2.75, 3.05) is 7.11 Å². The van der Waals surface area contributed by atoms with E-state index in [9.17, 15) is 4.79 Å². The van der Waals surface area contributed by atoms with Crippen molar-refractivity contribution < 1.29 is 9.53 Å². The summed E-state index contributed by atoms with van der Waals surface area (Å²) in [6.45, 7) is 6.33. The van der Waals surface area contributed by atoms with Crippen LogP contribution in [0, 0.1) is 0 Å². The second-order valence-corrected chi connectivity index (χ2v) is 5.78. The minimum absolute atomic E-state index is 0.0146. The van der Waals surface area contributed by atoms with Gasteiger partial charge in [0.15, 0.2) is 5.82 Å². The van der Waals surface area contributed by atoms with Gasteiger partial charge in [-0.25, -0.2) is 14.8 Å². The zero-order valence-corrected chi connectivity index (χ0v) is 11.6. The summed E-state index contributed by atoms with van der Waals surface area (Å²) in [5, 5.41) is 2.97. The van der Waals surface area contributed by atoms with Crippen LogP contribution in [0.25, 0.3) is 11.5 Å². The summed E-state index contributed by atoms with van der Waals surface area (Å²) >= 11 is 1.59. The SMILES string of the molecule is COC(=O)c1cnc(-c2csc(C(C)(C)C)n2)[nH]1. The van der Waals surface area contributed by atoms with Gasteiger partial charge in [-0.15, -0.1) is 11.3 Å². The topological polar surface area (TPSA) is 67.9 Å². The highest BCUT2D eigenvalue weighted by molar-refractivity contribution is 7.10. The van der Waals surface area contributed by atoms with Crippen molar-refractivity contribution >= 4 is 17.3 Å². The van der Waals surface area contributed by atoms with Gasteiger partial charge < -0.3 is 9.72 Å². The highest BCUT2D eigenvalue weighted by Gasteiger charge is 2.19. The second-order valence-electron chi connectivity index (χ2n) is 4.92. The van der Waals surface area contributed by atoms with Gasteiger partial charge in [-0.2, -0.15) is 0 Å². The first-order valence-electron chi connectivity index (χ1n) is 5.51. The van der Waals surface area contributed by atoms with Crippen LogP contribution in [0.2, 0.25) is 0 Å². The monoisotopic (exact) mass is 265 g/mol. The number of nitrogens with zero attached hydrogens (tertiary/aromatic N) is 2. The Morgan fingerprint density at radius 2 is 2.17 bits per heavy atom. The zero-order valence-electron chi connectivity index (χ0n) is 10.8. The number of carbonyl (C=O) groups excluding carboxylic acids is 1. The molecule has 2 heterocycles. The lowest BCUT2D eigenvalue weighted by molar-refractivity contribution is 0.0595. The van der Waals surface area contributed by atoms with E-state index in [1.807, 2.05) is 5.38 Å². The molecule has 0 amide bonds. The van der Waals surface area contributed by atoms with Crippen LogP contribution < -0.4 is 0 Å². The van der Waals surface area contributed by atoms with Crippen LogP contribution in [0.15, 0.2) is 11.6 Å². The lowest BCUT2D eigenvalue weighted by Gasteiger charge is -2.13. The van der Waals surface area contributed by atoms with E-state index >= 15 is 0 Å². The summed E-state index contributed by atoms with van der Waals surface area (Å²) in [7, 11) is 1.34.